The van der Waals surface area contributed by atoms with E-state index in [1.54, 1.807) is 27.4 Å². The van der Waals surface area contributed by atoms with Crippen molar-refractivity contribution in [3.8, 4) is 17.2 Å². The molecule has 7 nitrogen and oxygen atoms in total. The molecule has 0 atom stereocenters. The summed E-state index contributed by atoms with van der Waals surface area (Å²) in [5, 5.41) is 0. The van der Waals surface area contributed by atoms with Gasteiger partial charge in [-0.25, -0.2) is 4.99 Å². The minimum absolute atomic E-state index is 0.111. The molecule has 0 bridgehead atoms. The van der Waals surface area contributed by atoms with Gasteiger partial charge in [0.25, 0.3) is 5.91 Å². The first kappa shape index (κ1) is 22.5. The molecule has 1 aromatic rings. The Labute approximate surface area is 190 Å². The van der Waals surface area contributed by atoms with E-state index < -0.39 is 0 Å². The highest BCUT2D eigenvalue weighted by molar-refractivity contribution is 6.11. The van der Waals surface area contributed by atoms with Crippen molar-refractivity contribution in [1.82, 2.24) is 4.90 Å². The number of amides is 1. The van der Waals surface area contributed by atoms with E-state index in [0.29, 0.717) is 29.0 Å². The first-order chi connectivity index (χ1) is 15.6. The maximum Gasteiger partial charge on any atom is 0.300 e. The van der Waals surface area contributed by atoms with E-state index in [0.717, 1.165) is 44.1 Å². The topological polar surface area (TPSA) is 69.6 Å². The number of nitrogens with zero attached hydrogens (tertiary/aromatic N) is 2. The van der Waals surface area contributed by atoms with Crippen LogP contribution in [0.5, 0.6) is 17.2 Å². The predicted octanol–water partition coefficient (Wildman–Crippen LogP) is 4.93. The fraction of sp³-hybridized carbons (Fsp3) is 0.600. The molecule has 1 aromatic carbocycles. The second-order valence-electron chi connectivity index (χ2n) is 8.74. The van der Waals surface area contributed by atoms with E-state index in [-0.39, 0.29) is 18.0 Å². The average Bonchev–Trinajstić information content (AvgIpc) is 3.13. The van der Waals surface area contributed by atoms with Crippen molar-refractivity contribution in [2.24, 2.45) is 4.99 Å². The Morgan fingerprint density at radius 3 is 2.06 bits per heavy atom. The van der Waals surface area contributed by atoms with Crippen LogP contribution in [0.4, 0.5) is 0 Å². The zero-order chi connectivity index (χ0) is 22.5. The quantitative estimate of drug-likeness (QED) is 0.584. The summed E-state index contributed by atoms with van der Waals surface area (Å²) in [7, 11) is 4.72. The molecule has 32 heavy (non-hydrogen) atoms. The van der Waals surface area contributed by atoms with Crippen molar-refractivity contribution < 1.29 is 23.7 Å². The molecule has 1 aliphatic heterocycles. The van der Waals surface area contributed by atoms with Crippen LogP contribution in [-0.4, -0.2) is 50.2 Å². The maximum atomic E-state index is 13.5. The van der Waals surface area contributed by atoms with Crippen molar-refractivity contribution in [3.63, 3.8) is 0 Å². The molecule has 0 aromatic heterocycles. The molecule has 2 aliphatic carbocycles. The number of aliphatic imine (C=N–C) groups is 1. The predicted molar refractivity (Wildman–Crippen MR) is 123 cm³/mol. The summed E-state index contributed by atoms with van der Waals surface area (Å²) in [6.45, 7) is 0. The van der Waals surface area contributed by atoms with Gasteiger partial charge in [-0.3, -0.25) is 9.69 Å². The number of hydrogen-bond acceptors (Lipinski definition) is 6. The van der Waals surface area contributed by atoms with Gasteiger partial charge in [0, 0.05) is 6.04 Å². The second-order valence-corrected chi connectivity index (χ2v) is 8.74. The smallest absolute Gasteiger partial charge is 0.300 e. The van der Waals surface area contributed by atoms with Gasteiger partial charge in [-0.05, 0) is 49.5 Å². The molecule has 4 rings (SSSR count). The largest absolute Gasteiger partial charge is 0.493 e. The number of methoxy groups -OCH3 is 3. The van der Waals surface area contributed by atoms with Crippen molar-refractivity contribution in [3.05, 3.63) is 23.5 Å². The summed E-state index contributed by atoms with van der Waals surface area (Å²) in [4.78, 5) is 20.2. The van der Waals surface area contributed by atoms with Gasteiger partial charge in [-0.1, -0.05) is 38.5 Å². The average molecular weight is 443 g/mol. The number of ether oxygens (including phenoxy) is 4. The third-order valence-electron chi connectivity index (χ3n) is 6.63. The Kier molecular flexibility index (Phi) is 7.22. The van der Waals surface area contributed by atoms with Crippen molar-refractivity contribution in [2.75, 3.05) is 21.3 Å². The van der Waals surface area contributed by atoms with Crippen LogP contribution < -0.4 is 14.2 Å². The third kappa shape index (κ3) is 4.71. The molecule has 0 radical (unpaired) electrons. The van der Waals surface area contributed by atoms with Gasteiger partial charge >= 0.3 is 6.02 Å². The standard InChI is InChI=1S/C25H34N2O5/c1-29-20-14-17(15-21(30-2)23(20)31-3)16-22-24(28)27(19-12-8-5-9-13-19)25(32-22)26-18-10-6-4-7-11-18/h14-16,18-19H,4-13H2,1-3H3/b22-16+,26-25+. The fourth-order valence-electron chi connectivity index (χ4n) is 4.94. The molecular weight excluding hydrogens is 408 g/mol. The Morgan fingerprint density at radius 1 is 0.906 bits per heavy atom. The van der Waals surface area contributed by atoms with Crippen LogP contribution in [0.2, 0.25) is 0 Å². The third-order valence-corrected chi connectivity index (χ3v) is 6.63. The van der Waals surface area contributed by atoms with Crippen LogP contribution in [0, 0.1) is 0 Å². The van der Waals surface area contributed by atoms with Crippen LogP contribution >= 0.6 is 0 Å². The zero-order valence-electron chi connectivity index (χ0n) is 19.4. The first-order valence-electron chi connectivity index (χ1n) is 11.8. The normalized spacial score (nSPS) is 23.0. The van der Waals surface area contributed by atoms with E-state index in [2.05, 4.69) is 0 Å². The molecule has 2 saturated carbocycles. The lowest BCUT2D eigenvalue weighted by Gasteiger charge is -2.29. The molecule has 0 N–H and O–H groups in total. The minimum atomic E-state index is -0.111. The van der Waals surface area contributed by atoms with Gasteiger partial charge in [0.05, 0.1) is 27.4 Å². The van der Waals surface area contributed by atoms with Crippen LogP contribution in [-0.2, 0) is 9.53 Å². The second kappa shape index (κ2) is 10.3. The van der Waals surface area contributed by atoms with E-state index in [9.17, 15) is 4.79 Å². The summed E-state index contributed by atoms with van der Waals surface area (Å²) in [5.74, 6) is 1.76. The molecule has 7 heteroatoms. The summed E-state index contributed by atoms with van der Waals surface area (Å²) < 4.78 is 22.4. The van der Waals surface area contributed by atoms with E-state index in [1.807, 2.05) is 17.0 Å². The van der Waals surface area contributed by atoms with E-state index in [4.69, 9.17) is 23.9 Å². The molecule has 3 aliphatic rings. The van der Waals surface area contributed by atoms with Gasteiger partial charge in [-0.15, -0.1) is 0 Å². The summed E-state index contributed by atoms with van der Waals surface area (Å²) in [6.07, 6.45) is 13.0. The molecule has 0 unspecified atom stereocenters. The Bertz CT molecular complexity index is 857. The summed E-state index contributed by atoms with van der Waals surface area (Å²) >= 11 is 0. The molecule has 0 spiro atoms. The number of carbonyl (C=O) groups excluding carboxylic acids is 1. The lowest BCUT2D eigenvalue weighted by Crippen LogP contribution is -2.41. The van der Waals surface area contributed by atoms with Crippen LogP contribution in [0.1, 0.15) is 69.8 Å². The van der Waals surface area contributed by atoms with Crippen molar-refractivity contribution >= 4 is 18.0 Å². The number of hydrogen-bond donors (Lipinski definition) is 0. The van der Waals surface area contributed by atoms with Crippen LogP contribution in [0.15, 0.2) is 22.9 Å². The van der Waals surface area contributed by atoms with E-state index in [1.165, 1.54) is 25.7 Å². The molecule has 1 saturated heterocycles. The van der Waals surface area contributed by atoms with Gasteiger partial charge in [0.15, 0.2) is 17.3 Å². The number of benzene rings is 1. The lowest BCUT2D eigenvalue weighted by atomic mass is 9.94. The molecule has 174 valence electrons. The fourth-order valence-corrected chi connectivity index (χ4v) is 4.94. The highest BCUT2D eigenvalue weighted by Crippen LogP contribution is 2.39. The molecule has 1 heterocycles. The highest BCUT2D eigenvalue weighted by Gasteiger charge is 2.40. The first-order valence-corrected chi connectivity index (χ1v) is 11.8. The molecular formula is C25H34N2O5. The number of rotatable bonds is 6. The van der Waals surface area contributed by atoms with Gasteiger partial charge in [0.1, 0.15) is 0 Å². The molecule has 1 amide bonds. The van der Waals surface area contributed by atoms with Gasteiger partial charge in [-0.2, -0.15) is 0 Å². The Hall–Kier alpha value is -2.70. The van der Waals surface area contributed by atoms with Crippen molar-refractivity contribution in [2.45, 2.75) is 76.3 Å². The monoisotopic (exact) mass is 442 g/mol. The SMILES string of the molecule is COc1cc(/C=C2/O/C(=N/C3CCCCC3)N(C3CCCCC3)C2=O)cc(OC)c1OC. The number of amidine groups is 1. The maximum absolute atomic E-state index is 13.5. The summed E-state index contributed by atoms with van der Waals surface area (Å²) in [5.41, 5.74) is 0.741. The highest BCUT2D eigenvalue weighted by atomic mass is 16.5. The lowest BCUT2D eigenvalue weighted by molar-refractivity contribution is -0.124. The molecule has 3 fully saturated rings. The zero-order valence-corrected chi connectivity index (χ0v) is 19.4. The van der Waals surface area contributed by atoms with Gasteiger partial charge < -0.3 is 18.9 Å². The Balaban J connectivity index is 1.67. The van der Waals surface area contributed by atoms with Gasteiger partial charge in [0.2, 0.25) is 5.75 Å². The van der Waals surface area contributed by atoms with E-state index >= 15 is 0 Å². The van der Waals surface area contributed by atoms with Crippen LogP contribution in [0.25, 0.3) is 6.08 Å². The summed E-state index contributed by atoms with van der Waals surface area (Å²) in [6, 6.07) is 4.49. The van der Waals surface area contributed by atoms with Crippen LogP contribution in [0.3, 0.4) is 0 Å². The Morgan fingerprint density at radius 2 is 1.50 bits per heavy atom. The minimum Gasteiger partial charge on any atom is -0.493 e. The number of carbonyl (C=O) groups is 1. The van der Waals surface area contributed by atoms with Crippen molar-refractivity contribution in [1.29, 1.82) is 0 Å².